The zero-order valence-electron chi connectivity index (χ0n) is 11.4. The Morgan fingerprint density at radius 1 is 1.10 bits per heavy atom. The molecule has 1 aromatic heterocycles. The van der Waals surface area contributed by atoms with Gasteiger partial charge in [-0.3, -0.25) is 4.79 Å². The van der Waals surface area contributed by atoms with Crippen molar-refractivity contribution in [1.29, 1.82) is 0 Å². The maximum Gasteiger partial charge on any atom is 0.292 e. The van der Waals surface area contributed by atoms with E-state index in [1.165, 1.54) is 35.4 Å². The highest BCUT2D eigenvalue weighted by atomic mass is 35.5. The molecule has 0 saturated carbocycles. The smallest absolute Gasteiger partial charge is 0.292 e. The Morgan fingerprint density at radius 2 is 1.76 bits per heavy atom. The SMILES string of the molecule is O=c1c(Cl)c(N2CCCCC2)cnn1-c1ccc(F)cc1. The molecule has 3 rings (SSSR count). The van der Waals surface area contributed by atoms with Gasteiger partial charge in [0, 0.05) is 13.1 Å². The normalized spacial score (nSPS) is 15.2. The van der Waals surface area contributed by atoms with Crippen LogP contribution in [0.5, 0.6) is 0 Å². The Kier molecular flexibility index (Phi) is 3.92. The van der Waals surface area contributed by atoms with Crippen molar-refractivity contribution < 1.29 is 4.39 Å². The van der Waals surface area contributed by atoms with Crippen molar-refractivity contribution in [2.24, 2.45) is 0 Å². The summed E-state index contributed by atoms with van der Waals surface area (Å²) < 4.78 is 14.1. The van der Waals surface area contributed by atoms with Crippen molar-refractivity contribution in [1.82, 2.24) is 9.78 Å². The fourth-order valence-electron chi connectivity index (χ4n) is 2.55. The molecule has 0 spiro atoms. The first-order valence-corrected chi connectivity index (χ1v) is 7.33. The summed E-state index contributed by atoms with van der Waals surface area (Å²) in [6, 6.07) is 5.58. The van der Waals surface area contributed by atoms with E-state index >= 15 is 0 Å². The first-order valence-electron chi connectivity index (χ1n) is 6.95. The second-order valence-electron chi connectivity index (χ2n) is 5.08. The predicted octanol–water partition coefficient (Wildman–Crippen LogP) is 3.02. The lowest BCUT2D eigenvalue weighted by molar-refractivity contribution is 0.575. The van der Waals surface area contributed by atoms with Crippen LogP contribution in [0.3, 0.4) is 0 Å². The monoisotopic (exact) mass is 307 g/mol. The summed E-state index contributed by atoms with van der Waals surface area (Å²) in [5.41, 5.74) is 0.791. The van der Waals surface area contributed by atoms with Crippen LogP contribution in [0.4, 0.5) is 10.1 Å². The topological polar surface area (TPSA) is 38.1 Å². The lowest BCUT2D eigenvalue weighted by Crippen LogP contribution is -2.32. The summed E-state index contributed by atoms with van der Waals surface area (Å²) in [4.78, 5) is 14.5. The molecule has 1 aliphatic heterocycles. The van der Waals surface area contributed by atoms with Gasteiger partial charge in [0.2, 0.25) is 0 Å². The Labute approximate surface area is 126 Å². The molecule has 0 aliphatic carbocycles. The maximum absolute atomic E-state index is 12.9. The zero-order valence-corrected chi connectivity index (χ0v) is 12.2. The summed E-state index contributed by atoms with van der Waals surface area (Å²) in [5, 5.41) is 4.33. The van der Waals surface area contributed by atoms with E-state index in [0.717, 1.165) is 25.9 Å². The van der Waals surface area contributed by atoms with Crippen LogP contribution in [-0.4, -0.2) is 22.9 Å². The van der Waals surface area contributed by atoms with E-state index < -0.39 is 0 Å². The van der Waals surface area contributed by atoms with Crippen LogP contribution < -0.4 is 10.5 Å². The minimum atomic E-state index is -0.383. The molecule has 0 bridgehead atoms. The van der Waals surface area contributed by atoms with Crippen molar-refractivity contribution in [3.8, 4) is 5.69 Å². The summed E-state index contributed by atoms with van der Waals surface area (Å²) >= 11 is 6.22. The van der Waals surface area contributed by atoms with E-state index in [2.05, 4.69) is 10.00 Å². The second kappa shape index (κ2) is 5.85. The number of benzene rings is 1. The molecule has 2 aromatic rings. The number of hydrogen-bond acceptors (Lipinski definition) is 3. The lowest BCUT2D eigenvalue weighted by Gasteiger charge is -2.29. The zero-order chi connectivity index (χ0) is 14.8. The van der Waals surface area contributed by atoms with Crippen molar-refractivity contribution >= 4 is 17.3 Å². The third-order valence-electron chi connectivity index (χ3n) is 3.67. The van der Waals surface area contributed by atoms with Crippen LogP contribution >= 0.6 is 11.6 Å². The number of rotatable bonds is 2. The highest BCUT2D eigenvalue weighted by molar-refractivity contribution is 6.33. The summed E-state index contributed by atoms with van der Waals surface area (Å²) in [6.07, 6.45) is 5.00. The van der Waals surface area contributed by atoms with Crippen LogP contribution in [0.2, 0.25) is 5.02 Å². The number of anilines is 1. The summed E-state index contributed by atoms with van der Waals surface area (Å²) in [6.45, 7) is 1.78. The van der Waals surface area contributed by atoms with Gasteiger partial charge in [0.1, 0.15) is 10.8 Å². The highest BCUT2D eigenvalue weighted by Gasteiger charge is 2.18. The van der Waals surface area contributed by atoms with Crippen molar-refractivity contribution in [3.63, 3.8) is 0 Å². The van der Waals surface area contributed by atoms with E-state index in [-0.39, 0.29) is 16.4 Å². The van der Waals surface area contributed by atoms with Crippen LogP contribution in [-0.2, 0) is 0 Å². The average Bonchev–Trinajstić information content (AvgIpc) is 2.52. The molecule has 1 aromatic carbocycles. The number of piperidine rings is 1. The number of halogens is 2. The van der Waals surface area contributed by atoms with E-state index in [9.17, 15) is 9.18 Å². The van der Waals surface area contributed by atoms with Gasteiger partial charge in [-0.05, 0) is 43.5 Å². The minimum Gasteiger partial charge on any atom is -0.369 e. The molecule has 1 aliphatic rings. The van der Waals surface area contributed by atoms with Gasteiger partial charge in [0.15, 0.2) is 0 Å². The van der Waals surface area contributed by atoms with Crippen molar-refractivity contribution in [3.05, 3.63) is 51.7 Å². The lowest BCUT2D eigenvalue weighted by atomic mass is 10.1. The molecule has 110 valence electrons. The Bertz CT molecular complexity index is 693. The Balaban J connectivity index is 2.00. The molecule has 0 amide bonds. The van der Waals surface area contributed by atoms with Gasteiger partial charge < -0.3 is 4.90 Å². The van der Waals surface area contributed by atoms with Crippen LogP contribution in [0.15, 0.2) is 35.3 Å². The average molecular weight is 308 g/mol. The molecule has 0 radical (unpaired) electrons. The van der Waals surface area contributed by atoms with Crippen LogP contribution in [0.1, 0.15) is 19.3 Å². The van der Waals surface area contributed by atoms with Crippen LogP contribution in [0.25, 0.3) is 5.69 Å². The standard InChI is InChI=1S/C15H15ClFN3O/c16-14-13(19-8-2-1-3-9-19)10-18-20(15(14)21)12-6-4-11(17)5-7-12/h4-7,10H,1-3,8-9H2. The van der Waals surface area contributed by atoms with Gasteiger partial charge in [-0.25, -0.2) is 4.39 Å². The number of aromatic nitrogens is 2. The molecular weight excluding hydrogens is 293 g/mol. The van der Waals surface area contributed by atoms with Gasteiger partial charge in [-0.15, -0.1) is 0 Å². The van der Waals surface area contributed by atoms with Gasteiger partial charge in [-0.1, -0.05) is 11.6 Å². The molecule has 0 atom stereocenters. The first kappa shape index (κ1) is 14.1. The largest absolute Gasteiger partial charge is 0.369 e. The Morgan fingerprint density at radius 3 is 2.43 bits per heavy atom. The minimum absolute atomic E-state index is 0.163. The van der Waals surface area contributed by atoms with E-state index in [4.69, 9.17) is 11.6 Å². The third-order valence-corrected chi connectivity index (χ3v) is 4.02. The first-order chi connectivity index (χ1) is 10.2. The summed E-state index contributed by atoms with van der Waals surface area (Å²) in [7, 11) is 0. The molecule has 1 fully saturated rings. The molecular formula is C15H15ClFN3O. The fourth-order valence-corrected chi connectivity index (χ4v) is 2.79. The quantitative estimate of drug-likeness (QED) is 0.856. The molecule has 6 heteroatoms. The number of hydrogen-bond donors (Lipinski definition) is 0. The predicted molar refractivity (Wildman–Crippen MR) is 80.9 cm³/mol. The van der Waals surface area contributed by atoms with E-state index in [1.54, 1.807) is 6.20 Å². The Hall–Kier alpha value is -1.88. The summed E-state index contributed by atoms with van der Waals surface area (Å²) in [5.74, 6) is -0.358. The van der Waals surface area contributed by atoms with Gasteiger partial charge in [0.25, 0.3) is 5.56 Å². The van der Waals surface area contributed by atoms with Gasteiger partial charge >= 0.3 is 0 Å². The maximum atomic E-state index is 12.9. The third kappa shape index (κ3) is 2.78. The van der Waals surface area contributed by atoms with E-state index in [0.29, 0.717) is 11.4 Å². The van der Waals surface area contributed by atoms with Crippen LogP contribution in [0, 0.1) is 5.82 Å². The second-order valence-corrected chi connectivity index (χ2v) is 5.46. The highest BCUT2D eigenvalue weighted by Crippen LogP contribution is 2.24. The van der Waals surface area contributed by atoms with Crippen molar-refractivity contribution in [2.75, 3.05) is 18.0 Å². The van der Waals surface area contributed by atoms with Gasteiger partial charge in [0.05, 0.1) is 17.6 Å². The number of nitrogens with zero attached hydrogens (tertiary/aromatic N) is 3. The van der Waals surface area contributed by atoms with E-state index in [1.807, 2.05) is 0 Å². The molecule has 4 nitrogen and oxygen atoms in total. The molecule has 21 heavy (non-hydrogen) atoms. The fraction of sp³-hybridized carbons (Fsp3) is 0.333. The van der Waals surface area contributed by atoms with Crippen molar-refractivity contribution in [2.45, 2.75) is 19.3 Å². The van der Waals surface area contributed by atoms with Gasteiger partial charge in [-0.2, -0.15) is 9.78 Å². The molecule has 0 unspecified atom stereocenters. The molecule has 1 saturated heterocycles. The molecule has 0 N–H and O–H groups in total. The molecule has 2 heterocycles.